The zero-order valence-corrected chi connectivity index (χ0v) is 12.1. The molecule has 2 atom stereocenters. The van der Waals surface area contributed by atoms with Crippen LogP contribution in [0.2, 0.25) is 0 Å². The molecule has 1 heterocycles. The first-order valence-electron chi connectivity index (χ1n) is 7.02. The van der Waals surface area contributed by atoms with E-state index in [9.17, 15) is 4.79 Å². The number of ether oxygens (including phenoxy) is 1. The van der Waals surface area contributed by atoms with Crippen molar-refractivity contribution in [3.8, 4) is 0 Å². The fraction of sp³-hybridized carbons (Fsp3) is 0.533. The molecule has 5 nitrogen and oxygen atoms in total. The van der Waals surface area contributed by atoms with Crippen LogP contribution in [-0.2, 0) is 22.5 Å². The Kier molecular flexibility index (Phi) is 5.11. The van der Waals surface area contributed by atoms with Crippen LogP contribution in [0.25, 0.3) is 0 Å². The molecule has 20 heavy (non-hydrogen) atoms. The third-order valence-electron chi connectivity index (χ3n) is 3.45. The number of carbonyl (C=O) groups is 1. The minimum atomic E-state index is -0.173. The van der Waals surface area contributed by atoms with E-state index < -0.39 is 0 Å². The molecular weight excluding hydrogens is 254 g/mol. The molecule has 0 aromatic heterocycles. The second-order valence-corrected chi connectivity index (χ2v) is 5.51. The van der Waals surface area contributed by atoms with E-state index in [2.05, 4.69) is 36.3 Å². The fourth-order valence-corrected chi connectivity index (χ4v) is 2.67. The topological polar surface area (TPSA) is 67.6 Å². The number of nitrogens with one attached hydrogen (secondary N) is 1. The van der Waals surface area contributed by atoms with E-state index in [0.717, 1.165) is 25.2 Å². The van der Waals surface area contributed by atoms with Crippen LogP contribution in [0.15, 0.2) is 24.3 Å². The van der Waals surface area contributed by atoms with Gasteiger partial charge in [0.1, 0.15) is 0 Å². The molecule has 0 spiro atoms. The first-order chi connectivity index (χ1) is 9.56. The molecule has 2 rings (SSSR count). The standard InChI is InChI=1S/C15H23N3O2/c1-11-8-18(9-12(2)20-11)10-14-5-3-13(4-6-14)7-15(19)17-16/h3-6,11-12H,7-10,16H2,1-2H3,(H,17,19)/t11-,12+. The van der Waals surface area contributed by atoms with E-state index in [1.165, 1.54) is 5.56 Å². The normalized spacial score (nSPS) is 23.6. The molecule has 1 fully saturated rings. The maximum absolute atomic E-state index is 11.2. The minimum absolute atomic E-state index is 0.173. The first kappa shape index (κ1) is 15.0. The molecule has 110 valence electrons. The summed E-state index contributed by atoms with van der Waals surface area (Å²) >= 11 is 0. The Morgan fingerprint density at radius 1 is 1.25 bits per heavy atom. The summed E-state index contributed by atoms with van der Waals surface area (Å²) in [6.07, 6.45) is 0.889. The van der Waals surface area contributed by atoms with Crippen LogP contribution < -0.4 is 11.3 Å². The molecule has 1 amide bonds. The zero-order valence-electron chi connectivity index (χ0n) is 12.1. The van der Waals surface area contributed by atoms with Gasteiger partial charge in [0.05, 0.1) is 18.6 Å². The minimum Gasteiger partial charge on any atom is -0.373 e. The van der Waals surface area contributed by atoms with E-state index in [4.69, 9.17) is 10.6 Å². The highest BCUT2D eigenvalue weighted by Crippen LogP contribution is 2.14. The Morgan fingerprint density at radius 2 is 1.80 bits per heavy atom. The number of hydrazine groups is 1. The Bertz CT molecular complexity index is 437. The van der Waals surface area contributed by atoms with Crippen molar-refractivity contribution in [3.63, 3.8) is 0 Å². The van der Waals surface area contributed by atoms with Gasteiger partial charge in [-0.15, -0.1) is 0 Å². The number of amides is 1. The summed E-state index contributed by atoms with van der Waals surface area (Å²) in [7, 11) is 0. The molecule has 1 aliphatic rings. The van der Waals surface area contributed by atoms with Crippen LogP contribution in [0.3, 0.4) is 0 Å². The molecule has 1 saturated heterocycles. The molecule has 0 saturated carbocycles. The zero-order chi connectivity index (χ0) is 14.5. The van der Waals surface area contributed by atoms with E-state index in [-0.39, 0.29) is 18.1 Å². The number of nitrogens with two attached hydrogens (primary N) is 1. The molecule has 1 aromatic carbocycles. The largest absolute Gasteiger partial charge is 0.373 e. The second kappa shape index (κ2) is 6.83. The first-order valence-corrected chi connectivity index (χ1v) is 7.02. The maximum atomic E-state index is 11.2. The summed E-state index contributed by atoms with van der Waals surface area (Å²) in [6.45, 7) is 7.05. The summed E-state index contributed by atoms with van der Waals surface area (Å²) in [6, 6.07) is 8.11. The van der Waals surface area contributed by atoms with Crippen molar-refractivity contribution in [1.82, 2.24) is 10.3 Å². The molecule has 0 radical (unpaired) electrons. The average Bonchev–Trinajstić information content (AvgIpc) is 2.39. The van der Waals surface area contributed by atoms with Gasteiger partial charge in [0.15, 0.2) is 0 Å². The van der Waals surface area contributed by atoms with Crippen molar-refractivity contribution in [2.45, 2.75) is 39.0 Å². The molecular formula is C15H23N3O2. The lowest BCUT2D eigenvalue weighted by Gasteiger charge is -2.35. The number of benzene rings is 1. The van der Waals surface area contributed by atoms with Gasteiger partial charge in [0.25, 0.3) is 0 Å². The van der Waals surface area contributed by atoms with Crippen LogP contribution in [0.5, 0.6) is 0 Å². The maximum Gasteiger partial charge on any atom is 0.238 e. The van der Waals surface area contributed by atoms with Crippen LogP contribution in [0.4, 0.5) is 0 Å². The van der Waals surface area contributed by atoms with Crippen LogP contribution in [0, 0.1) is 0 Å². The Balaban J connectivity index is 1.91. The van der Waals surface area contributed by atoms with Gasteiger partial charge in [0.2, 0.25) is 5.91 Å². The number of hydrogen-bond acceptors (Lipinski definition) is 4. The van der Waals surface area contributed by atoms with Crippen LogP contribution >= 0.6 is 0 Å². The van der Waals surface area contributed by atoms with Gasteiger partial charge in [-0.2, -0.15) is 0 Å². The van der Waals surface area contributed by atoms with Gasteiger partial charge in [-0.05, 0) is 25.0 Å². The number of nitrogens with zero attached hydrogens (tertiary/aromatic N) is 1. The predicted molar refractivity (Wildman–Crippen MR) is 77.8 cm³/mol. The van der Waals surface area contributed by atoms with Gasteiger partial charge < -0.3 is 4.74 Å². The summed E-state index contributed by atoms with van der Waals surface area (Å²) in [5.74, 6) is 4.91. The fourth-order valence-electron chi connectivity index (χ4n) is 2.67. The molecule has 3 N–H and O–H groups in total. The number of hydrogen-bond donors (Lipinski definition) is 2. The van der Waals surface area contributed by atoms with Crippen LogP contribution in [0.1, 0.15) is 25.0 Å². The smallest absolute Gasteiger partial charge is 0.238 e. The van der Waals surface area contributed by atoms with E-state index >= 15 is 0 Å². The third-order valence-corrected chi connectivity index (χ3v) is 3.45. The van der Waals surface area contributed by atoms with Crippen molar-refractivity contribution in [1.29, 1.82) is 0 Å². The van der Waals surface area contributed by atoms with E-state index in [1.54, 1.807) is 0 Å². The second-order valence-electron chi connectivity index (χ2n) is 5.51. The Labute approximate surface area is 120 Å². The number of carbonyl (C=O) groups excluding carboxylic acids is 1. The summed E-state index contributed by atoms with van der Waals surface area (Å²) in [5, 5.41) is 0. The van der Waals surface area contributed by atoms with Crippen LogP contribution in [-0.4, -0.2) is 36.1 Å². The van der Waals surface area contributed by atoms with E-state index in [0.29, 0.717) is 6.42 Å². The SMILES string of the molecule is C[C@@H]1CN(Cc2ccc(CC(=O)NN)cc2)C[C@H](C)O1. The van der Waals surface area contributed by atoms with Crippen molar-refractivity contribution in [3.05, 3.63) is 35.4 Å². The summed E-state index contributed by atoms with van der Waals surface area (Å²) in [4.78, 5) is 13.6. The lowest BCUT2D eigenvalue weighted by Crippen LogP contribution is -2.44. The Morgan fingerprint density at radius 3 is 2.35 bits per heavy atom. The predicted octanol–water partition coefficient (Wildman–Crippen LogP) is 0.828. The van der Waals surface area contributed by atoms with Crippen molar-refractivity contribution < 1.29 is 9.53 Å². The third kappa shape index (κ3) is 4.30. The average molecular weight is 277 g/mol. The molecule has 0 bridgehead atoms. The van der Waals surface area contributed by atoms with Gasteiger partial charge >= 0.3 is 0 Å². The van der Waals surface area contributed by atoms with Crippen molar-refractivity contribution >= 4 is 5.91 Å². The quantitative estimate of drug-likeness (QED) is 0.486. The molecule has 1 aromatic rings. The lowest BCUT2D eigenvalue weighted by atomic mass is 10.1. The van der Waals surface area contributed by atoms with Gasteiger partial charge in [-0.25, -0.2) is 5.84 Å². The molecule has 0 unspecified atom stereocenters. The van der Waals surface area contributed by atoms with Crippen molar-refractivity contribution in [2.24, 2.45) is 5.84 Å². The highest BCUT2D eigenvalue weighted by molar-refractivity contribution is 5.77. The lowest BCUT2D eigenvalue weighted by molar-refractivity contribution is -0.120. The number of morpholine rings is 1. The summed E-state index contributed by atoms with van der Waals surface area (Å²) in [5.41, 5.74) is 4.37. The summed E-state index contributed by atoms with van der Waals surface area (Å²) < 4.78 is 5.73. The van der Waals surface area contributed by atoms with Crippen molar-refractivity contribution in [2.75, 3.05) is 13.1 Å². The highest BCUT2D eigenvalue weighted by atomic mass is 16.5. The molecule has 1 aliphatic heterocycles. The molecule has 0 aliphatic carbocycles. The van der Waals surface area contributed by atoms with E-state index in [1.807, 2.05) is 12.1 Å². The van der Waals surface area contributed by atoms with Gasteiger partial charge in [-0.3, -0.25) is 15.1 Å². The highest BCUT2D eigenvalue weighted by Gasteiger charge is 2.21. The van der Waals surface area contributed by atoms with Gasteiger partial charge in [0, 0.05) is 19.6 Å². The molecule has 5 heteroatoms. The number of rotatable bonds is 4. The Hall–Kier alpha value is -1.43. The van der Waals surface area contributed by atoms with Gasteiger partial charge in [-0.1, -0.05) is 24.3 Å². The monoisotopic (exact) mass is 277 g/mol.